The van der Waals surface area contributed by atoms with Crippen molar-refractivity contribution in [1.29, 1.82) is 0 Å². The first kappa shape index (κ1) is 18.4. The lowest BCUT2D eigenvalue weighted by molar-refractivity contribution is -0.132. The molecule has 0 radical (unpaired) electrons. The van der Waals surface area contributed by atoms with Crippen molar-refractivity contribution in [2.75, 3.05) is 7.05 Å². The van der Waals surface area contributed by atoms with E-state index in [1.54, 1.807) is 12.4 Å². The van der Waals surface area contributed by atoms with E-state index in [1.165, 1.54) is 6.92 Å². The Hall–Kier alpha value is -1.69. The van der Waals surface area contributed by atoms with Crippen molar-refractivity contribution in [2.45, 2.75) is 53.2 Å². The van der Waals surface area contributed by atoms with Crippen molar-refractivity contribution >= 4 is 11.7 Å². The van der Waals surface area contributed by atoms with E-state index in [1.807, 2.05) is 39.6 Å². The van der Waals surface area contributed by atoms with Crippen LogP contribution >= 0.6 is 0 Å². The van der Waals surface area contributed by atoms with Gasteiger partial charge in [-0.2, -0.15) is 0 Å². The smallest absolute Gasteiger partial charge is 0.238 e. The fourth-order valence-electron chi connectivity index (χ4n) is 2.71. The SMILES string of the molecule is CC(=O)C(NC(=O)C(C(C)C)N(C)Cc1ncc[nH]1)C(C)C. The van der Waals surface area contributed by atoms with E-state index in [4.69, 9.17) is 0 Å². The Kier molecular flexibility index (Phi) is 6.74. The van der Waals surface area contributed by atoms with Crippen LogP contribution in [0, 0.1) is 11.8 Å². The van der Waals surface area contributed by atoms with E-state index in [2.05, 4.69) is 15.3 Å². The van der Waals surface area contributed by atoms with Crippen LogP contribution < -0.4 is 5.32 Å². The Labute approximate surface area is 132 Å². The minimum atomic E-state index is -0.439. The number of rotatable bonds is 8. The largest absolute Gasteiger partial charge is 0.348 e. The van der Waals surface area contributed by atoms with Crippen LogP contribution in [0.3, 0.4) is 0 Å². The molecule has 1 rings (SSSR count). The number of likely N-dealkylation sites (N-methyl/N-ethyl adjacent to an activating group) is 1. The number of hydrogen-bond donors (Lipinski definition) is 2. The number of carbonyl (C=O) groups excluding carboxylic acids is 2. The molecule has 1 heterocycles. The molecule has 6 heteroatoms. The zero-order chi connectivity index (χ0) is 16.9. The highest BCUT2D eigenvalue weighted by molar-refractivity contribution is 5.89. The van der Waals surface area contributed by atoms with Gasteiger partial charge in [-0.15, -0.1) is 0 Å². The number of amides is 1. The van der Waals surface area contributed by atoms with E-state index in [0.29, 0.717) is 6.54 Å². The quantitative estimate of drug-likeness (QED) is 0.764. The second-order valence-corrected chi connectivity index (χ2v) is 6.48. The first-order valence-electron chi connectivity index (χ1n) is 7.73. The van der Waals surface area contributed by atoms with Crippen LogP contribution in [0.25, 0.3) is 0 Å². The highest BCUT2D eigenvalue weighted by Crippen LogP contribution is 2.13. The predicted molar refractivity (Wildman–Crippen MR) is 86.1 cm³/mol. The van der Waals surface area contributed by atoms with E-state index in [0.717, 1.165) is 5.82 Å². The third-order valence-electron chi connectivity index (χ3n) is 3.73. The average molecular weight is 308 g/mol. The van der Waals surface area contributed by atoms with Crippen molar-refractivity contribution in [3.8, 4) is 0 Å². The van der Waals surface area contributed by atoms with Gasteiger partial charge in [-0.3, -0.25) is 14.5 Å². The summed E-state index contributed by atoms with van der Waals surface area (Å²) in [5.74, 6) is 0.884. The zero-order valence-electron chi connectivity index (χ0n) is 14.4. The molecule has 2 atom stereocenters. The fourth-order valence-corrected chi connectivity index (χ4v) is 2.71. The molecule has 0 spiro atoms. The van der Waals surface area contributed by atoms with Crippen molar-refractivity contribution < 1.29 is 9.59 Å². The Bertz CT molecular complexity index is 482. The molecule has 1 amide bonds. The molecule has 6 nitrogen and oxygen atoms in total. The van der Waals surface area contributed by atoms with Gasteiger partial charge in [0.2, 0.25) is 5.91 Å². The number of ketones is 1. The van der Waals surface area contributed by atoms with Crippen molar-refractivity contribution in [3.05, 3.63) is 18.2 Å². The van der Waals surface area contributed by atoms with Crippen LogP contribution in [0.1, 0.15) is 40.4 Å². The Morgan fingerprint density at radius 1 is 1.27 bits per heavy atom. The molecule has 2 N–H and O–H groups in total. The number of aromatic amines is 1. The monoisotopic (exact) mass is 308 g/mol. The maximum atomic E-state index is 12.6. The van der Waals surface area contributed by atoms with E-state index in [9.17, 15) is 9.59 Å². The van der Waals surface area contributed by atoms with Crippen LogP contribution in [-0.2, 0) is 16.1 Å². The number of H-pyrrole nitrogens is 1. The van der Waals surface area contributed by atoms with Gasteiger partial charge in [0.05, 0.1) is 18.6 Å². The molecule has 2 unspecified atom stereocenters. The Morgan fingerprint density at radius 3 is 2.32 bits per heavy atom. The lowest BCUT2D eigenvalue weighted by atomic mass is 9.97. The van der Waals surface area contributed by atoms with Gasteiger partial charge in [-0.05, 0) is 25.8 Å². The minimum absolute atomic E-state index is 0.0143. The number of nitrogens with zero attached hydrogens (tertiary/aromatic N) is 2. The highest BCUT2D eigenvalue weighted by atomic mass is 16.2. The maximum absolute atomic E-state index is 12.6. The first-order chi connectivity index (χ1) is 10.2. The summed E-state index contributed by atoms with van der Waals surface area (Å²) in [6, 6.07) is -0.753. The molecule has 0 bridgehead atoms. The van der Waals surface area contributed by atoms with Gasteiger partial charge in [-0.1, -0.05) is 27.7 Å². The number of imidazole rings is 1. The molecule has 0 fully saturated rings. The number of nitrogens with one attached hydrogen (secondary N) is 2. The van der Waals surface area contributed by atoms with Gasteiger partial charge in [0, 0.05) is 12.4 Å². The molecule has 0 saturated heterocycles. The molecule has 0 aliphatic carbocycles. The molecule has 1 aromatic rings. The van der Waals surface area contributed by atoms with Crippen LogP contribution in [0.2, 0.25) is 0 Å². The van der Waals surface area contributed by atoms with Gasteiger partial charge < -0.3 is 10.3 Å². The highest BCUT2D eigenvalue weighted by Gasteiger charge is 2.30. The Morgan fingerprint density at radius 2 is 1.91 bits per heavy atom. The van der Waals surface area contributed by atoms with Gasteiger partial charge in [0.1, 0.15) is 5.82 Å². The number of aromatic nitrogens is 2. The number of Topliss-reactive ketones (excluding diaryl/α,β-unsaturated/α-hetero) is 1. The predicted octanol–water partition coefficient (Wildman–Crippen LogP) is 1.60. The molecule has 0 aromatic carbocycles. The third-order valence-corrected chi connectivity index (χ3v) is 3.73. The summed E-state index contributed by atoms with van der Waals surface area (Å²) in [4.78, 5) is 33.5. The van der Waals surface area contributed by atoms with Crippen LogP contribution in [0.5, 0.6) is 0 Å². The summed E-state index contributed by atoms with van der Waals surface area (Å²) < 4.78 is 0. The van der Waals surface area contributed by atoms with Crippen molar-refractivity contribution in [1.82, 2.24) is 20.2 Å². The second kappa shape index (κ2) is 8.08. The van der Waals surface area contributed by atoms with Crippen molar-refractivity contribution in [3.63, 3.8) is 0 Å². The molecular formula is C16H28N4O2. The fraction of sp³-hybridized carbons (Fsp3) is 0.688. The molecular weight excluding hydrogens is 280 g/mol. The molecule has 0 aliphatic rings. The summed E-state index contributed by atoms with van der Waals surface area (Å²) in [5.41, 5.74) is 0. The van der Waals surface area contributed by atoms with E-state index < -0.39 is 6.04 Å². The summed E-state index contributed by atoms with van der Waals surface area (Å²) in [6.45, 7) is 9.94. The second-order valence-electron chi connectivity index (χ2n) is 6.48. The normalized spacial score (nSPS) is 14.4. The van der Waals surface area contributed by atoms with Gasteiger partial charge in [0.15, 0.2) is 5.78 Å². The average Bonchev–Trinajstić information content (AvgIpc) is 2.87. The van der Waals surface area contributed by atoms with E-state index >= 15 is 0 Å². The summed E-state index contributed by atoms with van der Waals surface area (Å²) >= 11 is 0. The maximum Gasteiger partial charge on any atom is 0.238 e. The van der Waals surface area contributed by atoms with Crippen LogP contribution in [0.15, 0.2) is 12.4 Å². The van der Waals surface area contributed by atoms with Crippen molar-refractivity contribution in [2.24, 2.45) is 11.8 Å². The lowest BCUT2D eigenvalue weighted by Crippen LogP contribution is -2.53. The lowest BCUT2D eigenvalue weighted by Gasteiger charge is -2.31. The van der Waals surface area contributed by atoms with Crippen LogP contribution in [-0.4, -0.2) is 45.7 Å². The summed E-state index contributed by atoms with van der Waals surface area (Å²) in [5, 5.41) is 2.90. The van der Waals surface area contributed by atoms with Gasteiger partial charge in [-0.25, -0.2) is 4.98 Å². The number of carbonyl (C=O) groups is 2. The topological polar surface area (TPSA) is 78.1 Å². The first-order valence-corrected chi connectivity index (χ1v) is 7.73. The molecule has 22 heavy (non-hydrogen) atoms. The standard InChI is InChI=1S/C16H28N4O2/c1-10(2)14(12(5)21)19-16(22)15(11(3)4)20(6)9-13-17-7-8-18-13/h7-8,10-11,14-15H,9H2,1-6H3,(H,17,18)(H,19,22). The summed E-state index contributed by atoms with van der Waals surface area (Å²) in [7, 11) is 1.89. The minimum Gasteiger partial charge on any atom is -0.348 e. The van der Waals surface area contributed by atoms with E-state index in [-0.39, 0.29) is 29.6 Å². The zero-order valence-corrected chi connectivity index (χ0v) is 14.4. The van der Waals surface area contributed by atoms with Crippen LogP contribution in [0.4, 0.5) is 0 Å². The molecule has 124 valence electrons. The van der Waals surface area contributed by atoms with Gasteiger partial charge >= 0.3 is 0 Å². The van der Waals surface area contributed by atoms with Gasteiger partial charge in [0.25, 0.3) is 0 Å². The Balaban J connectivity index is 2.80. The molecule has 0 saturated carbocycles. The number of hydrogen-bond acceptors (Lipinski definition) is 4. The third kappa shape index (κ3) is 4.94. The summed E-state index contributed by atoms with van der Waals surface area (Å²) in [6.07, 6.45) is 3.45. The molecule has 0 aliphatic heterocycles. The molecule has 1 aromatic heterocycles.